The van der Waals surface area contributed by atoms with Crippen LogP contribution in [-0.4, -0.2) is 51.9 Å². The Morgan fingerprint density at radius 2 is 1.74 bits per heavy atom. The standard InChI is InChI=1S/C18H24N2O2S/c1-14(2)16(21)20-12-13-23-18(20)8-10-19(11-9-18)17(22)15-6-4-3-5-7-15/h3-7,14H,8-13H2,1-2H3. The highest BCUT2D eigenvalue weighted by Crippen LogP contribution is 2.44. The molecule has 124 valence electrons. The van der Waals surface area contributed by atoms with Crippen LogP contribution in [0.25, 0.3) is 0 Å². The number of hydrogen-bond acceptors (Lipinski definition) is 3. The van der Waals surface area contributed by atoms with Crippen LogP contribution in [0.1, 0.15) is 37.0 Å². The van der Waals surface area contributed by atoms with Gasteiger partial charge in [-0.25, -0.2) is 0 Å². The number of nitrogens with zero attached hydrogens (tertiary/aromatic N) is 2. The van der Waals surface area contributed by atoms with Crippen molar-refractivity contribution in [2.45, 2.75) is 31.6 Å². The van der Waals surface area contributed by atoms with Crippen molar-refractivity contribution >= 4 is 23.6 Å². The number of thioether (sulfide) groups is 1. The van der Waals surface area contributed by atoms with E-state index in [1.165, 1.54) is 0 Å². The van der Waals surface area contributed by atoms with Crippen molar-refractivity contribution in [2.24, 2.45) is 5.92 Å². The number of likely N-dealkylation sites (tertiary alicyclic amines) is 1. The van der Waals surface area contributed by atoms with E-state index in [1.54, 1.807) is 0 Å². The Bertz CT molecular complexity index is 580. The summed E-state index contributed by atoms with van der Waals surface area (Å²) in [5.74, 6) is 1.39. The zero-order valence-corrected chi connectivity index (χ0v) is 14.6. The molecule has 5 heteroatoms. The van der Waals surface area contributed by atoms with Crippen molar-refractivity contribution in [3.05, 3.63) is 35.9 Å². The molecule has 1 aromatic rings. The van der Waals surface area contributed by atoms with Crippen LogP contribution in [0.2, 0.25) is 0 Å². The third kappa shape index (κ3) is 3.11. The van der Waals surface area contributed by atoms with Gasteiger partial charge in [-0.15, -0.1) is 11.8 Å². The largest absolute Gasteiger partial charge is 0.338 e. The lowest BCUT2D eigenvalue weighted by molar-refractivity contribution is -0.137. The van der Waals surface area contributed by atoms with E-state index in [2.05, 4.69) is 4.90 Å². The van der Waals surface area contributed by atoms with Crippen LogP contribution in [0.5, 0.6) is 0 Å². The highest BCUT2D eigenvalue weighted by molar-refractivity contribution is 8.00. The second-order valence-corrected chi connectivity index (χ2v) is 8.05. The number of rotatable bonds is 2. The minimum absolute atomic E-state index is 0.0366. The zero-order chi connectivity index (χ0) is 16.4. The van der Waals surface area contributed by atoms with Gasteiger partial charge in [0.1, 0.15) is 0 Å². The molecule has 0 aromatic heterocycles. The summed E-state index contributed by atoms with van der Waals surface area (Å²) >= 11 is 1.90. The van der Waals surface area contributed by atoms with E-state index < -0.39 is 0 Å². The first-order valence-corrected chi connectivity index (χ1v) is 9.32. The lowest BCUT2D eigenvalue weighted by atomic mass is 9.99. The van der Waals surface area contributed by atoms with Gasteiger partial charge in [-0.2, -0.15) is 0 Å². The molecule has 0 aliphatic carbocycles. The molecule has 4 nitrogen and oxygen atoms in total. The fourth-order valence-electron chi connectivity index (χ4n) is 3.47. The fourth-order valence-corrected chi connectivity index (χ4v) is 4.93. The maximum Gasteiger partial charge on any atom is 0.253 e. The Kier molecular flexibility index (Phi) is 4.67. The number of hydrogen-bond donors (Lipinski definition) is 0. The van der Waals surface area contributed by atoms with E-state index >= 15 is 0 Å². The molecule has 0 atom stereocenters. The van der Waals surface area contributed by atoms with E-state index in [0.29, 0.717) is 0 Å². The van der Waals surface area contributed by atoms with Crippen LogP contribution in [-0.2, 0) is 4.79 Å². The molecule has 0 saturated carbocycles. The fraction of sp³-hybridized carbons (Fsp3) is 0.556. The molecule has 2 fully saturated rings. The van der Waals surface area contributed by atoms with Crippen molar-refractivity contribution in [1.29, 1.82) is 0 Å². The first kappa shape index (κ1) is 16.4. The smallest absolute Gasteiger partial charge is 0.253 e. The predicted molar refractivity (Wildman–Crippen MR) is 93.3 cm³/mol. The van der Waals surface area contributed by atoms with Crippen molar-refractivity contribution < 1.29 is 9.59 Å². The molecule has 0 N–H and O–H groups in total. The van der Waals surface area contributed by atoms with Gasteiger partial charge in [0, 0.05) is 36.9 Å². The minimum Gasteiger partial charge on any atom is -0.338 e. The average Bonchev–Trinajstić information content (AvgIpc) is 2.98. The summed E-state index contributed by atoms with van der Waals surface area (Å²) < 4.78 is 0. The maximum absolute atomic E-state index is 12.6. The van der Waals surface area contributed by atoms with E-state index in [4.69, 9.17) is 0 Å². The molecule has 2 aliphatic rings. The molecule has 0 unspecified atom stereocenters. The Morgan fingerprint density at radius 3 is 2.35 bits per heavy atom. The zero-order valence-electron chi connectivity index (χ0n) is 13.8. The van der Waals surface area contributed by atoms with Crippen molar-refractivity contribution in [3.63, 3.8) is 0 Å². The molecular weight excluding hydrogens is 308 g/mol. The Balaban J connectivity index is 1.68. The first-order valence-electron chi connectivity index (χ1n) is 8.33. The monoisotopic (exact) mass is 332 g/mol. The maximum atomic E-state index is 12.6. The Morgan fingerprint density at radius 1 is 1.09 bits per heavy atom. The second kappa shape index (κ2) is 6.56. The quantitative estimate of drug-likeness (QED) is 0.836. The van der Waals surface area contributed by atoms with Gasteiger partial charge >= 0.3 is 0 Å². The van der Waals surface area contributed by atoms with Crippen LogP contribution in [0, 0.1) is 5.92 Å². The summed E-state index contributed by atoms with van der Waals surface area (Å²) in [6.45, 7) is 6.22. The molecule has 3 rings (SSSR count). The molecule has 23 heavy (non-hydrogen) atoms. The molecule has 0 radical (unpaired) electrons. The molecule has 2 heterocycles. The van der Waals surface area contributed by atoms with Crippen LogP contribution in [0.4, 0.5) is 0 Å². The van der Waals surface area contributed by atoms with Crippen LogP contribution < -0.4 is 0 Å². The minimum atomic E-state index is -0.0885. The number of carbonyl (C=O) groups is 2. The molecule has 2 amide bonds. The Labute approximate surface area is 142 Å². The van der Waals surface area contributed by atoms with Gasteiger partial charge in [-0.1, -0.05) is 32.0 Å². The summed E-state index contributed by atoms with van der Waals surface area (Å²) in [7, 11) is 0. The van der Waals surface area contributed by atoms with Crippen LogP contribution in [0.3, 0.4) is 0 Å². The average molecular weight is 332 g/mol. The van der Waals surface area contributed by atoms with Gasteiger partial charge in [0.15, 0.2) is 0 Å². The third-order valence-electron chi connectivity index (χ3n) is 4.79. The number of benzene rings is 1. The van der Waals surface area contributed by atoms with Gasteiger partial charge in [0.2, 0.25) is 5.91 Å². The van der Waals surface area contributed by atoms with E-state index in [0.717, 1.165) is 43.8 Å². The van der Waals surface area contributed by atoms with Gasteiger partial charge in [0.05, 0.1) is 4.87 Å². The number of amides is 2. The summed E-state index contributed by atoms with van der Waals surface area (Å²) in [5.41, 5.74) is 0.748. The predicted octanol–water partition coefficient (Wildman–Crippen LogP) is 2.85. The van der Waals surface area contributed by atoms with E-state index in [9.17, 15) is 9.59 Å². The molecule has 1 spiro atoms. The normalized spacial score (nSPS) is 20.3. The molecular formula is C18H24N2O2S. The highest BCUT2D eigenvalue weighted by atomic mass is 32.2. The molecule has 2 aliphatic heterocycles. The lowest BCUT2D eigenvalue weighted by Crippen LogP contribution is -2.54. The van der Waals surface area contributed by atoms with Gasteiger partial charge < -0.3 is 9.80 Å². The summed E-state index contributed by atoms with van der Waals surface area (Å²) in [4.78, 5) is 29.0. The van der Waals surface area contributed by atoms with E-state index in [-0.39, 0.29) is 22.6 Å². The number of carbonyl (C=O) groups excluding carboxylic acids is 2. The van der Waals surface area contributed by atoms with E-state index in [1.807, 2.05) is 60.8 Å². The molecule has 0 bridgehead atoms. The highest BCUT2D eigenvalue weighted by Gasteiger charge is 2.47. The summed E-state index contributed by atoms with van der Waals surface area (Å²) in [6, 6.07) is 9.45. The van der Waals surface area contributed by atoms with Crippen LogP contribution in [0.15, 0.2) is 30.3 Å². The van der Waals surface area contributed by atoms with Crippen molar-refractivity contribution in [3.8, 4) is 0 Å². The van der Waals surface area contributed by atoms with Crippen molar-refractivity contribution in [2.75, 3.05) is 25.4 Å². The summed E-state index contributed by atoms with van der Waals surface area (Å²) in [6.07, 6.45) is 1.74. The Hall–Kier alpha value is -1.49. The first-order chi connectivity index (χ1) is 11.0. The van der Waals surface area contributed by atoms with Gasteiger partial charge in [-0.3, -0.25) is 9.59 Å². The van der Waals surface area contributed by atoms with Crippen molar-refractivity contribution in [1.82, 2.24) is 9.80 Å². The third-order valence-corrected chi connectivity index (χ3v) is 6.34. The van der Waals surface area contributed by atoms with Gasteiger partial charge in [0.25, 0.3) is 5.91 Å². The van der Waals surface area contributed by atoms with Gasteiger partial charge in [-0.05, 0) is 25.0 Å². The molecule has 2 saturated heterocycles. The topological polar surface area (TPSA) is 40.6 Å². The second-order valence-electron chi connectivity index (χ2n) is 6.60. The van der Waals surface area contributed by atoms with Crippen LogP contribution >= 0.6 is 11.8 Å². The lowest BCUT2D eigenvalue weighted by Gasteiger charge is -2.44. The SMILES string of the molecule is CC(C)C(=O)N1CCSC12CCN(C(=O)c1ccccc1)CC2. The number of piperidine rings is 1. The summed E-state index contributed by atoms with van der Waals surface area (Å²) in [5, 5.41) is 0. The molecule has 1 aromatic carbocycles.